The van der Waals surface area contributed by atoms with Crippen molar-refractivity contribution in [2.75, 3.05) is 5.32 Å². The predicted molar refractivity (Wildman–Crippen MR) is 156 cm³/mol. The van der Waals surface area contributed by atoms with Crippen molar-refractivity contribution >= 4 is 17.6 Å². The molecule has 6 rings (SSSR count). The van der Waals surface area contributed by atoms with Crippen molar-refractivity contribution in [1.29, 1.82) is 0 Å². The molecule has 1 amide bonds. The summed E-state index contributed by atoms with van der Waals surface area (Å²) in [6.45, 7) is 13.4. The van der Waals surface area contributed by atoms with Crippen LogP contribution < -0.4 is 5.32 Å². The highest BCUT2D eigenvalue weighted by atomic mass is 19.4. The number of amides is 1. The zero-order chi connectivity index (χ0) is 31.3. The number of nitrogens with one attached hydrogen (secondary N) is 1. The van der Waals surface area contributed by atoms with Crippen molar-refractivity contribution in [2.45, 2.75) is 112 Å². The predicted octanol–water partition coefficient (Wildman–Crippen LogP) is 7.39. The quantitative estimate of drug-likeness (QED) is 0.377. The van der Waals surface area contributed by atoms with E-state index in [1.807, 2.05) is 13.8 Å². The summed E-state index contributed by atoms with van der Waals surface area (Å²) in [5, 5.41) is 13.6. The van der Waals surface area contributed by atoms with Crippen molar-refractivity contribution in [2.24, 2.45) is 51.2 Å². The number of anilines is 1. The Bertz CT molecular complexity index is 1370. The highest BCUT2D eigenvalue weighted by Gasteiger charge is 2.67. The number of aromatic nitrogens is 2. The average molecular weight is 602 g/mol. The molecule has 2 N–H and O–H groups in total. The van der Waals surface area contributed by atoms with Gasteiger partial charge in [0.2, 0.25) is 11.9 Å². The Hall–Kier alpha value is -2.29. The maximum atomic E-state index is 14.1. The summed E-state index contributed by atoms with van der Waals surface area (Å²) in [4.78, 5) is 35.3. The molecule has 7 unspecified atom stereocenters. The van der Waals surface area contributed by atoms with Crippen LogP contribution in [0.2, 0.25) is 0 Å². The van der Waals surface area contributed by atoms with Crippen LogP contribution in [-0.4, -0.2) is 32.9 Å². The highest BCUT2D eigenvalue weighted by Crippen LogP contribution is 2.72. The van der Waals surface area contributed by atoms with E-state index in [2.05, 4.69) is 43.0 Å². The van der Waals surface area contributed by atoms with Gasteiger partial charge in [-0.1, -0.05) is 41.5 Å². The Balaban J connectivity index is 1.36. The second kappa shape index (κ2) is 9.85. The Morgan fingerprint density at radius 3 is 2.37 bits per heavy atom. The number of carbonyl (C=O) groups excluding carboxylic acids is 2. The molecule has 236 valence electrons. The van der Waals surface area contributed by atoms with Gasteiger partial charge in [0.25, 0.3) is 0 Å². The summed E-state index contributed by atoms with van der Waals surface area (Å²) in [7, 11) is 0. The van der Waals surface area contributed by atoms with Gasteiger partial charge < -0.3 is 5.11 Å². The fourth-order valence-corrected chi connectivity index (χ4v) is 11.4. The van der Waals surface area contributed by atoms with E-state index in [1.165, 1.54) is 0 Å². The number of rotatable bonds is 3. The summed E-state index contributed by atoms with van der Waals surface area (Å²) in [5.41, 5.74) is -0.487. The van der Waals surface area contributed by atoms with Gasteiger partial charge in [0.15, 0.2) is 5.78 Å². The molecule has 5 aliphatic rings. The minimum Gasteiger partial charge on any atom is -0.393 e. The SMILES string of the molecule is CC(C)C1=C2C3CCC4C(C)(CCC5C(C)(C)C(O)CCC54C)C3CC[C@@]2(C(=O)Nc2nccc(C(F)(F)F)n2)CC1=O. The van der Waals surface area contributed by atoms with E-state index in [9.17, 15) is 27.9 Å². The molecule has 0 radical (unpaired) electrons. The number of allylic oxidation sites excluding steroid dienone is 1. The number of alkyl halides is 3. The van der Waals surface area contributed by atoms with Crippen LogP contribution in [0.3, 0.4) is 0 Å². The van der Waals surface area contributed by atoms with Gasteiger partial charge in [0.05, 0.1) is 11.5 Å². The summed E-state index contributed by atoms with van der Waals surface area (Å²) < 4.78 is 40.0. The molecule has 0 aliphatic heterocycles. The maximum absolute atomic E-state index is 14.1. The van der Waals surface area contributed by atoms with Crippen LogP contribution >= 0.6 is 0 Å². The lowest BCUT2D eigenvalue weighted by Crippen LogP contribution is -2.62. The average Bonchev–Trinajstić information content (AvgIpc) is 3.24. The molecule has 6 nitrogen and oxygen atoms in total. The molecule has 4 fully saturated rings. The largest absolute Gasteiger partial charge is 0.433 e. The number of ketones is 1. The highest BCUT2D eigenvalue weighted by molar-refractivity contribution is 6.09. The number of hydrogen-bond donors (Lipinski definition) is 2. The number of aliphatic hydroxyl groups excluding tert-OH is 1. The molecule has 43 heavy (non-hydrogen) atoms. The Labute approximate surface area is 252 Å². The monoisotopic (exact) mass is 601 g/mol. The van der Waals surface area contributed by atoms with E-state index >= 15 is 0 Å². The van der Waals surface area contributed by atoms with Crippen LogP contribution in [-0.2, 0) is 15.8 Å². The maximum Gasteiger partial charge on any atom is 0.433 e. The number of nitrogens with zero attached hydrogens (tertiary/aromatic N) is 2. The molecule has 1 heterocycles. The smallest absolute Gasteiger partial charge is 0.393 e. The zero-order valence-corrected chi connectivity index (χ0v) is 26.3. The van der Waals surface area contributed by atoms with Crippen molar-refractivity contribution in [1.82, 2.24) is 9.97 Å². The van der Waals surface area contributed by atoms with Crippen LogP contribution in [0.15, 0.2) is 23.4 Å². The first-order chi connectivity index (χ1) is 20.0. The fraction of sp³-hybridized carbons (Fsp3) is 0.765. The third-order valence-corrected chi connectivity index (χ3v) is 13.2. The number of carbonyl (C=O) groups is 2. The third kappa shape index (κ3) is 4.37. The first-order valence-corrected chi connectivity index (χ1v) is 16.1. The van der Waals surface area contributed by atoms with Gasteiger partial charge in [-0.25, -0.2) is 9.97 Å². The van der Waals surface area contributed by atoms with Crippen LogP contribution in [0.5, 0.6) is 0 Å². The van der Waals surface area contributed by atoms with E-state index in [-0.39, 0.29) is 52.3 Å². The normalized spacial score (nSPS) is 40.4. The van der Waals surface area contributed by atoms with Gasteiger partial charge >= 0.3 is 6.18 Å². The number of aliphatic hydroxyl groups is 1. The van der Waals surface area contributed by atoms with E-state index in [4.69, 9.17) is 0 Å². The standard InChI is InChI=1S/C34H46F3N3O3/c1-18(2)26-21(41)17-33(28(43)40-29-38-16-12-24(39-29)34(35,36)37)15-9-20-19(27(26)33)7-8-23-31(20,5)13-10-22-30(3,4)25(42)11-14-32(22,23)6/h12,16,18-20,22-23,25,42H,7-11,13-15,17H2,1-6H3,(H,38,39,40,43)/t19?,20?,22?,23?,25?,31?,32?,33-/m1/s1. The van der Waals surface area contributed by atoms with Crippen LogP contribution in [0.4, 0.5) is 19.1 Å². The molecule has 0 saturated heterocycles. The molecule has 1 aromatic heterocycles. The van der Waals surface area contributed by atoms with Crippen LogP contribution in [0.25, 0.3) is 0 Å². The van der Waals surface area contributed by atoms with Gasteiger partial charge in [-0.3, -0.25) is 14.9 Å². The molecule has 0 aromatic carbocycles. The molecule has 9 heteroatoms. The lowest BCUT2D eigenvalue weighted by atomic mass is 9.36. The van der Waals surface area contributed by atoms with Crippen LogP contribution in [0, 0.1) is 51.2 Å². The molecule has 1 aromatic rings. The lowest BCUT2D eigenvalue weighted by molar-refractivity contribution is -0.203. The number of halogens is 3. The van der Waals surface area contributed by atoms with E-state index in [0.29, 0.717) is 24.2 Å². The summed E-state index contributed by atoms with van der Waals surface area (Å²) in [5.74, 6) is 0.413. The van der Waals surface area contributed by atoms with Gasteiger partial charge in [-0.05, 0) is 114 Å². The second-order valence-corrected chi connectivity index (χ2v) is 15.7. The zero-order valence-electron chi connectivity index (χ0n) is 26.3. The number of fused-ring (bicyclic) bond motifs is 7. The number of hydrogen-bond acceptors (Lipinski definition) is 5. The summed E-state index contributed by atoms with van der Waals surface area (Å²) in [6.07, 6.45) is 3.24. The molecule has 8 atom stereocenters. The van der Waals surface area contributed by atoms with Gasteiger partial charge in [0, 0.05) is 12.6 Å². The van der Waals surface area contributed by atoms with Crippen molar-refractivity contribution in [3.8, 4) is 0 Å². The van der Waals surface area contributed by atoms with Gasteiger partial charge in [-0.2, -0.15) is 13.2 Å². The first-order valence-electron chi connectivity index (χ1n) is 16.1. The summed E-state index contributed by atoms with van der Waals surface area (Å²) >= 11 is 0. The van der Waals surface area contributed by atoms with Crippen molar-refractivity contribution < 1.29 is 27.9 Å². The van der Waals surface area contributed by atoms with Gasteiger partial charge in [-0.15, -0.1) is 0 Å². The topological polar surface area (TPSA) is 92.2 Å². The van der Waals surface area contributed by atoms with Crippen molar-refractivity contribution in [3.63, 3.8) is 0 Å². The molecular weight excluding hydrogens is 555 g/mol. The van der Waals surface area contributed by atoms with Crippen molar-refractivity contribution in [3.05, 3.63) is 29.1 Å². The minimum atomic E-state index is -4.66. The Morgan fingerprint density at radius 2 is 1.70 bits per heavy atom. The van der Waals surface area contributed by atoms with Crippen LogP contribution in [0.1, 0.15) is 105 Å². The molecule has 4 saturated carbocycles. The first kappa shape index (κ1) is 30.7. The Kier molecular flexibility index (Phi) is 7.04. The molecule has 0 spiro atoms. The molecule has 0 bridgehead atoms. The number of Topliss-reactive ketones (excluding diaryl/α,β-unsaturated/α-hetero) is 1. The van der Waals surface area contributed by atoms with E-state index in [0.717, 1.165) is 68.4 Å². The van der Waals surface area contributed by atoms with E-state index < -0.39 is 23.2 Å². The molecule has 5 aliphatic carbocycles. The minimum absolute atomic E-state index is 0.0169. The van der Waals surface area contributed by atoms with E-state index in [1.54, 1.807) is 0 Å². The second-order valence-electron chi connectivity index (χ2n) is 15.7. The Morgan fingerprint density at radius 1 is 1.00 bits per heavy atom. The fourth-order valence-electron chi connectivity index (χ4n) is 11.4. The molecular formula is C34H46F3N3O3. The summed E-state index contributed by atoms with van der Waals surface area (Å²) in [6, 6.07) is 0.781. The third-order valence-electron chi connectivity index (χ3n) is 13.2. The van der Waals surface area contributed by atoms with Gasteiger partial charge in [0.1, 0.15) is 5.69 Å². The lowest BCUT2D eigenvalue weighted by Gasteiger charge is -2.68.